The molecule has 0 aromatic heterocycles. The number of anilines is 1. The second-order valence-electron chi connectivity index (χ2n) is 6.78. The summed E-state index contributed by atoms with van der Waals surface area (Å²) in [6.07, 6.45) is 1.13. The number of carbonyl (C=O) groups is 1. The second-order valence-corrected chi connectivity index (χ2v) is 8.73. The average molecular weight is 438 g/mol. The Morgan fingerprint density at radius 3 is 2.29 bits per heavy atom. The molecule has 1 saturated heterocycles. The van der Waals surface area contributed by atoms with Crippen LogP contribution in [0, 0.1) is 0 Å². The van der Waals surface area contributed by atoms with Gasteiger partial charge in [-0.1, -0.05) is 47.5 Å². The van der Waals surface area contributed by atoms with Gasteiger partial charge in [-0.15, -0.1) is 11.8 Å². The highest BCUT2D eigenvalue weighted by Gasteiger charge is 2.19. The first-order valence-electron chi connectivity index (χ1n) is 9.48. The Balaban J connectivity index is 1.31. The number of carbonyl (C=O) groups excluding carboxylic acids is 1. The lowest BCUT2D eigenvalue weighted by atomic mass is 10.3. The van der Waals surface area contributed by atoms with Gasteiger partial charge in [0.25, 0.3) is 0 Å². The first-order valence-corrected chi connectivity index (χ1v) is 11.2. The van der Waals surface area contributed by atoms with Crippen molar-refractivity contribution >= 4 is 46.6 Å². The molecule has 0 unspecified atom stereocenters. The summed E-state index contributed by atoms with van der Waals surface area (Å²) in [5.41, 5.74) is 0.670. The number of halogens is 2. The van der Waals surface area contributed by atoms with Crippen LogP contribution in [0.4, 0.5) is 5.69 Å². The zero-order chi connectivity index (χ0) is 19.8. The van der Waals surface area contributed by atoms with E-state index in [0.29, 0.717) is 17.3 Å². The van der Waals surface area contributed by atoms with Crippen LogP contribution in [-0.2, 0) is 4.79 Å². The summed E-state index contributed by atoms with van der Waals surface area (Å²) >= 11 is 14.1. The van der Waals surface area contributed by atoms with Gasteiger partial charge in [0, 0.05) is 31.1 Å². The van der Waals surface area contributed by atoms with E-state index in [4.69, 9.17) is 23.2 Å². The van der Waals surface area contributed by atoms with Gasteiger partial charge in [0.2, 0.25) is 5.91 Å². The molecule has 4 nitrogen and oxygen atoms in total. The van der Waals surface area contributed by atoms with Crippen molar-refractivity contribution in [2.45, 2.75) is 11.3 Å². The summed E-state index contributed by atoms with van der Waals surface area (Å²) in [6.45, 7) is 5.30. The van der Waals surface area contributed by atoms with Crippen LogP contribution in [0.25, 0.3) is 0 Å². The molecule has 1 aliphatic heterocycles. The van der Waals surface area contributed by atoms with Gasteiger partial charge >= 0.3 is 0 Å². The number of piperazine rings is 1. The molecule has 0 saturated carbocycles. The number of hydrogen-bond acceptors (Lipinski definition) is 4. The fourth-order valence-corrected chi connectivity index (χ4v) is 4.51. The Bertz CT molecular complexity index is 782. The predicted molar refractivity (Wildman–Crippen MR) is 120 cm³/mol. The van der Waals surface area contributed by atoms with Crippen molar-refractivity contribution in [1.29, 1.82) is 0 Å². The van der Waals surface area contributed by atoms with Crippen LogP contribution in [0.5, 0.6) is 0 Å². The molecule has 1 N–H and O–H groups in total. The van der Waals surface area contributed by atoms with Crippen LogP contribution in [0.15, 0.2) is 53.4 Å². The van der Waals surface area contributed by atoms with Crippen molar-refractivity contribution in [2.24, 2.45) is 0 Å². The van der Waals surface area contributed by atoms with Gasteiger partial charge in [0.05, 0.1) is 22.3 Å². The van der Waals surface area contributed by atoms with Gasteiger partial charge in [0.15, 0.2) is 0 Å². The molecule has 1 heterocycles. The first kappa shape index (κ1) is 21.5. The van der Waals surface area contributed by atoms with Gasteiger partial charge in [0.1, 0.15) is 0 Å². The minimum atomic E-state index is -0.0160. The lowest BCUT2D eigenvalue weighted by molar-refractivity contribution is -0.117. The lowest BCUT2D eigenvalue weighted by Gasteiger charge is -2.34. The van der Waals surface area contributed by atoms with Crippen molar-refractivity contribution in [3.05, 3.63) is 58.6 Å². The maximum absolute atomic E-state index is 12.2. The zero-order valence-corrected chi connectivity index (χ0v) is 18.1. The molecule has 2 aromatic carbocycles. The highest BCUT2D eigenvalue weighted by Crippen LogP contribution is 2.27. The van der Waals surface area contributed by atoms with Crippen LogP contribution in [0.1, 0.15) is 6.42 Å². The summed E-state index contributed by atoms with van der Waals surface area (Å²) in [4.78, 5) is 18.1. The summed E-state index contributed by atoms with van der Waals surface area (Å²) < 4.78 is 0. The Morgan fingerprint density at radius 1 is 0.929 bits per heavy atom. The van der Waals surface area contributed by atoms with Gasteiger partial charge < -0.3 is 10.2 Å². The molecule has 0 bridgehead atoms. The molecule has 1 aliphatic rings. The van der Waals surface area contributed by atoms with E-state index in [0.717, 1.165) is 54.8 Å². The molecule has 2 aromatic rings. The van der Waals surface area contributed by atoms with Crippen molar-refractivity contribution < 1.29 is 4.79 Å². The third-order valence-corrected chi connectivity index (χ3v) is 6.62. The van der Waals surface area contributed by atoms with Gasteiger partial charge in [-0.25, -0.2) is 0 Å². The molecule has 150 valence electrons. The zero-order valence-electron chi connectivity index (χ0n) is 15.7. The molecule has 7 heteroatoms. The SMILES string of the molecule is O=C(CN1CCN(CCCSc2ccccc2Cl)CC1)Nc1ccccc1Cl. The number of nitrogens with zero attached hydrogens (tertiary/aromatic N) is 2. The highest BCUT2D eigenvalue weighted by molar-refractivity contribution is 7.99. The van der Waals surface area contributed by atoms with E-state index in [9.17, 15) is 4.79 Å². The lowest BCUT2D eigenvalue weighted by Crippen LogP contribution is -2.48. The fourth-order valence-electron chi connectivity index (χ4n) is 3.16. The molecule has 3 rings (SSSR count). The smallest absolute Gasteiger partial charge is 0.238 e. The predicted octanol–water partition coefficient (Wildman–Crippen LogP) is 4.73. The van der Waals surface area contributed by atoms with Gasteiger partial charge in [-0.3, -0.25) is 9.69 Å². The molecular formula is C21H25Cl2N3OS. The van der Waals surface area contributed by atoms with E-state index in [1.807, 2.05) is 48.2 Å². The van der Waals surface area contributed by atoms with Crippen LogP contribution in [0.2, 0.25) is 10.0 Å². The Hall–Kier alpha value is -1.24. The topological polar surface area (TPSA) is 35.6 Å². The number of thioether (sulfide) groups is 1. The highest BCUT2D eigenvalue weighted by atomic mass is 35.5. The quantitative estimate of drug-likeness (QED) is 0.478. The standard InChI is InChI=1S/C21H25Cl2N3OS/c22-17-6-1-3-8-19(17)24-21(27)16-26-13-11-25(12-14-26)10-5-15-28-20-9-4-2-7-18(20)23/h1-4,6-9H,5,10-16H2,(H,24,27). The van der Waals surface area contributed by atoms with E-state index in [1.54, 1.807) is 6.07 Å². The summed E-state index contributed by atoms with van der Waals surface area (Å²) in [5.74, 6) is 1.04. The fraction of sp³-hybridized carbons (Fsp3) is 0.381. The van der Waals surface area contributed by atoms with E-state index in [1.165, 1.54) is 0 Å². The van der Waals surface area contributed by atoms with Crippen LogP contribution in [-0.4, -0.2) is 60.7 Å². The molecule has 1 amide bonds. The average Bonchev–Trinajstić information content (AvgIpc) is 2.69. The Labute approximate surface area is 181 Å². The minimum absolute atomic E-state index is 0.0160. The largest absolute Gasteiger partial charge is 0.324 e. The number of para-hydroxylation sites is 1. The van der Waals surface area contributed by atoms with Crippen molar-refractivity contribution in [3.63, 3.8) is 0 Å². The van der Waals surface area contributed by atoms with E-state index < -0.39 is 0 Å². The van der Waals surface area contributed by atoms with Crippen LogP contribution < -0.4 is 5.32 Å². The molecular weight excluding hydrogens is 413 g/mol. The normalized spacial score (nSPS) is 15.5. The maximum atomic E-state index is 12.2. The second kappa shape index (κ2) is 11.1. The maximum Gasteiger partial charge on any atom is 0.238 e. The molecule has 0 radical (unpaired) electrons. The van der Waals surface area contributed by atoms with E-state index in [-0.39, 0.29) is 5.91 Å². The summed E-state index contributed by atoms with van der Waals surface area (Å²) in [5, 5.41) is 4.29. The van der Waals surface area contributed by atoms with Crippen LogP contribution >= 0.6 is 35.0 Å². The third-order valence-electron chi connectivity index (χ3n) is 4.69. The van der Waals surface area contributed by atoms with E-state index >= 15 is 0 Å². The van der Waals surface area contributed by atoms with Crippen molar-refractivity contribution in [1.82, 2.24) is 9.80 Å². The Kier molecular flexibility index (Phi) is 8.49. The number of benzene rings is 2. The number of nitrogens with one attached hydrogen (secondary N) is 1. The summed E-state index contributed by atoms with van der Waals surface area (Å²) in [6, 6.07) is 15.3. The molecule has 0 atom stereocenters. The first-order chi connectivity index (χ1) is 13.6. The molecule has 1 fully saturated rings. The molecule has 0 aliphatic carbocycles. The van der Waals surface area contributed by atoms with Crippen molar-refractivity contribution in [3.8, 4) is 0 Å². The van der Waals surface area contributed by atoms with Crippen LogP contribution in [0.3, 0.4) is 0 Å². The van der Waals surface area contributed by atoms with Crippen molar-refractivity contribution in [2.75, 3.05) is 50.3 Å². The third kappa shape index (κ3) is 6.68. The minimum Gasteiger partial charge on any atom is -0.324 e. The monoisotopic (exact) mass is 437 g/mol. The number of rotatable bonds is 8. The van der Waals surface area contributed by atoms with Gasteiger partial charge in [-0.05, 0) is 43.0 Å². The molecule has 28 heavy (non-hydrogen) atoms. The molecule has 0 spiro atoms. The Morgan fingerprint density at radius 2 is 1.57 bits per heavy atom. The number of amides is 1. The van der Waals surface area contributed by atoms with E-state index in [2.05, 4.69) is 21.2 Å². The van der Waals surface area contributed by atoms with Gasteiger partial charge in [-0.2, -0.15) is 0 Å². The number of hydrogen-bond donors (Lipinski definition) is 1. The summed E-state index contributed by atoms with van der Waals surface area (Å²) in [7, 11) is 0.